The summed E-state index contributed by atoms with van der Waals surface area (Å²) in [4.78, 5) is 37.2. The van der Waals surface area contributed by atoms with Gasteiger partial charge in [0.05, 0.1) is 34.4 Å². The maximum atomic E-state index is 12.8. The SMILES string of the molecule is CC/C=C/C/C=C/C/C=C/C/C=C/C/C=C/C/C=C/CCCC(=O)OC(COCCC(C(=O)O)[N+](C)(C)C)COC(=O)CCCCCCCCCCCC/C=C/C/C=C/C/C=C/C/C=C/CC. The molecule has 0 aliphatic rings. The minimum atomic E-state index is -0.889. The second-order valence-electron chi connectivity index (χ2n) is 18.0. The number of carboxylic acid groups (broad SMARTS) is 1. The molecule has 2 atom stereocenters. The van der Waals surface area contributed by atoms with Crippen LogP contribution in [0.25, 0.3) is 0 Å². The maximum absolute atomic E-state index is 12.8. The fourth-order valence-electron chi connectivity index (χ4n) is 6.92. The summed E-state index contributed by atoms with van der Waals surface area (Å²) >= 11 is 0. The predicted molar refractivity (Wildman–Crippen MR) is 284 cm³/mol. The first-order valence-electron chi connectivity index (χ1n) is 26.1. The van der Waals surface area contributed by atoms with Gasteiger partial charge in [-0.05, 0) is 96.3 Å². The van der Waals surface area contributed by atoms with Gasteiger partial charge in [0.1, 0.15) is 6.61 Å². The van der Waals surface area contributed by atoms with Crippen molar-refractivity contribution in [2.45, 2.75) is 193 Å². The third-order valence-corrected chi connectivity index (χ3v) is 10.9. The number of unbranched alkanes of at least 4 members (excludes halogenated alkanes) is 11. The van der Waals surface area contributed by atoms with Crippen LogP contribution in [0.1, 0.15) is 181 Å². The van der Waals surface area contributed by atoms with Gasteiger partial charge in [0, 0.05) is 19.3 Å². The number of rotatable bonds is 45. The van der Waals surface area contributed by atoms with Gasteiger partial charge in [-0.15, -0.1) is 0 Å². The van der Waals surface area contributed by atoms with Crippen molar-refractivity contribution in [1.82, 2.24) is 0 Å². The minimum Gasteiger partial charge on any atom is -0.477 e. The summed E-state index contributed by atoms with van der Waals surface area (Å²) in [7, 11) is 5.50. The second kappa shape index (κ2) is 48.2. The highest BCUT2D eigenvalue weighted by atomic mass is 16.6. The molecule has 0 aliphatic heterocycles. The van der Waals surface area contributed by atoms with E-state index in [0.717, 1.165) is 96.3 Å². The second-order valence-corrected chi connectivity index (χ2v) is 18.0. The first-order chi connectivity index (χ1) is 32.6. The van der Waals surface area contributed by atoms with Crippen molar-refractivity contribution in [3.63, 3.8) is 0 Å². The quantitative estimate of drug-likeness (QED) is 0.0281. The molecule has 67 heavy (non-hydrogen) atoms. The Morgan fingerprint density at radius 2 is 0.806 bits per heavy atom. The molecule has 0 aliphatic carbocycles. The van der Waals surface area contributed by atoms with E-state index in [2.05, 4.69) is 135 Å². The van der Waals surface area contributed by atoms with Crippen LogP contribution in [-0.4, -0.2) is 80.6 Å². The maximum Gasteiger partial charge on any atom is 0.362 e. The Kier molecular flexibility index (Phi) is 45.1. The van der Waals surface area contributed by atoms with Crippen LogP contribution in [0.5, 0.6) is 0 Å². The zero-order valence-electron chi connectivity index (χ0n) is 43.1. The standard InChI is InChI=1S/C59H95NO7/c1-6-8-10-12-14-16-18-20-22-24-26-28-29-30-32-33-35-37-39-41-43-45-47-49-57(61)66-54-55(53-65-52-51-56(59(63)64)60(3,4)5)67-58(62)50-48-46-44-42-40-38-36-34-31-27-25-23-21-19-17-15-13-11-9-7-2/h8-11,14-17,20-23,26-28,31,36,38,42,44,55-56H,6-7,12-13,18-19,24-25,29-30,32-35,37,39-41,43,45-54H2,1-5H3/p+1/b10-8+,11-9+,16-14+,17-15+,22-20+,23-21+,28-26+,31-27+,38-36+,44-42+. The zero-order chi connectivity index (χ0) is 49.2. The van der Waals surface area contributed by atoms with Crippen molar-refractivity contribution < 1.29 is 38.2 Å². The van der Waals surface area contributed by atoms with E-state index in [-0.39, 0.29) is 42.7 Å². The summed E-state index contributed by atoms with van der Waals surface area (Å²) in [5.74, 6) is -1.56. The highest BCUT2D eigenvalue weighted by molar-refractivity contribution is 5.72. The molecule has 0 aromatic heterocycles. The number of carboxylic acids is 1. The van der Waals surface area contributed by atoms with Gasteiger partial charge in [-0.1, -0.05) is 187 Å². The van der Waals surface area contributed by atoms with E-state index in [0.29, 0.717) is 19.3 Å². The molecular formula is C59H96NO7+. The lowest BCUT2D eigenvalue weighted by atomic mass is 10.1. The number of hydrogen-bond acceptors (Lipinski definition) is 6. The lowest BCUT2D eigenvalue weighted by molar-refractivity contribution is -0.887. The number of ether oxygens (including phenoxy) is 3. The van der Waals surface area contributed by atoms with Crippen LogP contribution < -0.4 is 0 Å². The summed E-state index contributed by atoms with van der Waals surface area (Å²) in [5, 5.41) is 9.66. The number of likely N-dealkylation sites (N-methyl/N-ethyl adjacent to an activating group) is 1. The lowest BCUT2D eigenvalue weighted by Gasteiger charge is -2.31. The molecule has 1 N–H and O–H groups in total. The molecule has 0 heterocycles. The summed E-state index contributed by atoms with van der Waals surface area (Å²) in [6.45, 7) is 4.43. The number of carbonyl (C=O) groups is 3. The Balaban J connectivity index is 4.35. The van der Waals surface area contributed by atoms with Gasteiger partial charge in [-0.3, -0.25) is 9.59 Å². The van der Waals surface area contributed by atoms with Gasteiger partial charge in [0.15, 0.2) is 12.1 Å². The minimum absolute atomic E-state index is 0.0287. The molecule has 378 valence electrons. The number of nitrogens with zero attached hydrogens (tertiary/aromatic N) is 1. The lowest BCUT2D eigenvalue weighted by Crippen LogP contribution is -2.50. The van der Waals surface area contributed by atoms with Crippen LogP contribution in [0.3, 0.4) is 0 Å². The van der Waals surface area contributed by atoms with Gasteiger partial charge < -0.3 is 23.8 Å². The molecule has 0 aromatic carbocycles. The summed E-state index contributed by atoms with van der Waals surface area (Å²) in [6, 6.07) is -0.634. The number of aliphatic carboxylic acids is 1. The molecule has 8 nitrogen and oxygen atoms in total. The average Bonchev–Trinajstić information content (AvgIpc) is 3.29. The smallest absolute Gasteiger partial charge is 0.362 e. The van der Waals surface area contributed by atoms with Crippen molar-refractivity contribution in [1.29, 1.82) is 0 Å². The number of carbonyl (C=O) groups excluding carboxylic acids is 2. The predicted octanol–water partition coefficient (Wildman–Crippen LogP) is 15.4. The van der Waals surface area contributed by atoms with E-state index < -0.39 is 18.1 Å². The Labute approximate surface area is 410 Å². The highest BCUT2D eigenvalue weighted by Crippen LogP contribution is 2.14. The van der Waals surface area contributed by atoms with E-state index in [9.17, 15) is 19.5 Å². The van der Waals surface area contributed by atoms with Crippen LogP contribution in [0.4, 0.5) is 0 Å². The van der Waals surface area contributed by atoms with Crippen molar-refractivity contribution in [3.8, 4) is 0 Å². The van der Waals surface area contributed by atoms with Gasteiger partial charge in [-0.2, -0.15) is 0 Å². The molecule has 0 saturated carbocycles. The van der Waals surface area contributed by atoms with Crippen molar-refractivity contribution in [2.75, 3.05) is 41.0 Å². The van der Waals surface area contributed by atoms with Gasteiger partial charge in [-0.25, -0.2) is 4.79 Å². The van der Waals surface area contributed by atoms with Crippen molar-refractivity contribution >= 4 is 17.9 Å². The normalized spacial score (nSPS) is 13.9. The largest absolute Gasteiger partial charge is 0.477 e. The van der Waals surface area contributed by atoms with Gasteiger partial charge in [0.2, 0.25) is 0 Å². The summed E-state index contributed by atoms with van der Waals surface area (Å²) in [6.07, 6.45) is 68.3. The molecule has 8 heteroatoms. The molecule has 0 bridgehead atoms. The van der Waals surface area contributed by atoms with Crippen LogP contribution in [0.15, 0.2) is 122 Å². The Hall–Kier alpha value is -4.27. The Morgan fingerprint density at radius 1 is 0.448 bits per heavy atom. The average molecular weight is 931 g/mol. The van der Waals surface area contributed by atoms with Gasteiger partial charge in [0.25, 0.3) is 0 Å². The number of allylic oxidation sites excluding steroid dienone is 20. The molecule has 0 spiro atoms. The van der Waals surface area contributed by atoms with Crippen LogP contribution >= 0.6 is 0 Å². The molecule has 0 aromatic rings. The molecule has 0 radical (unpaired) electrons. The zero-order valence-corrected chi connectivity index (χ0v) is 43.1. The van der Waals surface area contributed by atoms with Crippen molar-refractivity contribution in [3.05, 3.63) is 122 Å². The van der Waals surface area contributed by atoms with E-state index in [4.69, 9.17) is 14.2 Å². The van der Waals surface area contributed by atoms with E-state index >= 15 is 0 Å². The Bertz CT molecular complexity index is 1500. The van der Waals surface area contributed by atoms with Crippen LogP contribution in [0, 0.1) is 0 Å². The molecule has 0 saturated heterocycles. The molecule has 0 amide bonds. The molecular weight excluding hydrogens is 835 g/mol. The van der Waals surface area contributed by atoms with E-state index in [1.54, 1.807) is 0 Å². The van der Waals surface area contributed by atoms with Gasteiger partial charge >= 0.3 is 17.9 Å². The first-order valence-corrected chi connectivity index (χ1v) is 26.1. The van der Waals surface area contributed by atoms with Crippen LogP contribution in [-0.2, 0) is 28.6 Å². The van der Waals surface area contributed by atoms with E-state index in [1.807, 2.05) is 21.1 Å². The number of quaternary nitrogens is 1. The third-order valence-electron chi connectivity index (χ3n) is 10.9. The summed E-state index contributed by atoms with van der Waals surface area (Å²) in [5.41, 5.74) is 0. The monoisotopic (exact) mass is 931 g/mol. The van der Waals surface area contributed by atoms with E-state index in [1.165, 1.54) is 44.9 Å². The topological polar surface area (TPSA) is 99.1 Å². The fourth-order valence-corrected chi connectivity index (χ4v) is 6.92. The highest BCUT2D eigenvalue weighted by Gasteiger charge is 2.31. The molecule has 0 fully saturated rings. The first kappa shape index (κ1) is 62.7. The molecule has 0 rings (SSSR count). The Morgan fingerprint density at radius 3 is 1.21 bits per heavy atom. The van der Waals surface area contributed by atoms with Crippen LogP contribution in [0.2, 0.25) is 0 Å². The summed E-state index contributed by atoms with van der Waals surface area (Å²) < 4.78 is 17.3. The third kappa shape index (κ3) is 46.6. The number of hydrogen-bond donors (Lipinski definition) is 1. The fraction of sp³-hybridized carbons (Fsp3) is 0.610. The molecule has 2 unspecified atom stereocenters. The number of esters is 2. The van der Waals surface area contributed by atoms with Crippen molar-refractivity contribution in [2.24, 2.45) is 0 Å².